The first-order chi connectivity index (χ1) is 8.69. The highest BCUT2D eigenvalue weighted by Gasteiger charge is 2.02. The second kappa shape index (κ2) is 5.58. The fourth-order valence-corrected chi connectivity index (χ4v) is 1.85. The average molecular weight is 241 g/mol. The lowest BCUT2D eigenvalue weighted by Crippen LogP contribution is -2.01. The molecule has 2 aromatic carbocycles. The van der Waals surface area contributed by atoms with E-state index >= 15 is 0 Å². The minimum atomic E-state index is 0.805. The topological polar surface area (TPSA) is 21.3 Å². The second-order valence-corrected chi connectivity index (χ2v) is 4.54. The van der Waals surface area contributed by atoms with Gasteiger partial charge < -0.3 is 10.1 Å². The highest BCUT2D eigenvalue weighted by atomic mass is 16.5. The molecule has 18 heavy (non-hydrogen) atoms. The molecular weight excluding hydrogens is 222 g/mol. The molecule has 94 valence electrons. The molecule has 2 heteroatoms. The Kier molecular flexibility index (Phi) is 3.88. The van der Waals surface area contributed by atoms with Gasteiger partial charge in [-0.25, -0.2) is 0 Å². The van der Waals surface area contributed by atoms with E-state index in [-0.39, 0.29) is 0 Å². The Morgan fingerprint density at radius 3 is 2.28 bits per heavy atom. The van der Waals surface area contributed by atoms with Crippen molar-refractivity contribution >= 4 is 5.69 Å². The van der Waals surface area contributed by atoms with Gasteiger partial charge in [-0.2, -0.15) is 0 Å². The molecule has 0 saturated carbocycles. The van der Waals surface area contributed by atoms with E-state index in [1.54, 1.807) is 7.11 Å². The SMILES string of the molecule is COc1cc(C)ccc1NCc1ccc(C)cc1. The maximum absolute atomic E-state index is 5.37. The lowest BCUT2D eigenvalue weighted by atomic mass is 10.1. The summed E-state index contributed by atoms with van der Waals surface area (Å²) in [5.41, 5.74) is 4.78. The zero-order valence-electron chi connectivity index (χ0n) is 11.2. The Balaban J connectivity index is 2.08. The van der Waals surface area contributed by atoms with Crippen molar-refractivity contribution in [2.24, 2.45) is 0 Å². The smallest absolute Gasteiger partial charge is 0.142 e. The number of benzene rings is 2. The summed E-state index contributed by atoms with van der Waals surface area (Å²) in [7, 11) is 1.70. The van der Waals surface area contributed by atoms with Crippen molar-refractivity contribution in [1.29, 1.82) is 0 Å². The quantitative estimate of drug-likeness (QED) is 0.875. The van der Waals surface area contributed by atoms with Gasteiger partial charge in [0.2, 0.25) is 0 Å². The summed E-state index contributed by atoms with van der Waals surface area (Å²) in [5.74, 6) is 0.891. The van der Waals surface area contributed by atoms with Crippen LogP contribution in [-0.2, 0) is 6.54 Å². The van der Waals surface area contributed by atoms with E-state index in [0.717, 1.165) is 18.0 Å². The summed E-state index contributed by atoms with van der Waals surface area (Å²) in [6, 6.07) is 14.7. The number of methoxy groups -OCH3 is 1. The van der Waals surface area contributed by atoms with Gasteiger partial charge in [0.15, 0.2) is 0 Å². The molecule has 0 aromatic heterocycles. The van der Waals surface area contributed by atoms with Crippen molar-refractivity contribution in [2.75, 3.05) is 12.4 Å². The normalized spacial score (nSPS) is 10.2. The Morgan fingerprint density at radius 1 is 0.944 bits per heavy atom. The van der Waals surface area contributed by atoms with Gasteiger partial charge in [-0.1, -0.05) is 35.9 Å². The molecular formula is C16H19NO. The molecule has 0 aliphatic heterocycles. The molecule has 0 heterocycles. The number of hydrogen-bond acceptors (Lipinski definition) is 2. The molecule has 0 amide bonds. The van der Waals surface area contributed by atoms with Gasteiger partial charge in [-0.3, -0.25) is 0 Å². The van der Waals surface area contributed by atoms with E-state index in [4.69, 9.17) is 4.74 Å². The van der Waals surface area contributed by atoms with Crippen LogP contribution in [0.25, 0.3) is 0 Å². The first kappa shape index (κ1) is 12.5. The number of hydrogen-bond donors (Lipinski definition) is 1. The molecule has 0 unspecified atom stereocenters. The van der Waals surface area contributed by atoms with Crippen molar-refractivity contribution in [1.82, 2.24) is 0 Å². The molecule has 1 N–H and O–H groups in total. The lowest BCUT2D eigenvalue weighted by molar-refractivity contribution is 0.416. The summed E-state index contributed by atoms with van der Waals surface area (Å²) in [6.07, 6.45) is 0. The molecule has 2 rings (SSSR count). The van der Waals surface area contributed by atoms with Crippen molar-refractivity contribution in [3.05, 3.63) is 59.2 Å². The molecule has 0 aliphatic rings. The van der Waals surface area contributed by atoms with E-state index in [1.807, 2.05) is 6.07 Å². The molecule has 0 atom stereocenters. The Morgan fingerprint density at radius 2 is 1.61 bits per heavy atom. The second-order valence-electron chi connectivity index (χ2n) is 4.54. The van der Waals surface area contributed by atoms with Crippen molar-refractivity contribution in [3.8, 4) is 5.75 Å². The number of rotatable bonds is 4. The summed E-state index contributed by atoms with van der Waals surface area (Å²) in [5, 5.41) is 3.40. The van der Waals surface area contributed by atoms with Crippen LogP contribution in [0.1, 0.15) is 16.7 Å². The monoisotopic (exact) mass is 241 g/mol. The third kappa shape index (κ3) is 3.04. The minimum Gasteiger partial charge on any atom is -0.495 e. The van der Waals surface area contributed by atoms with Crippen LogP contribution in [-0.4, -0.2) is 7.11 Å². The maximum atomic E-state index is 5.37. The molecule has 0 bridgehead atoms. The largest absolute Gasteiger partial charge is 0.495 e. The standard InChI is InChI=1S/C16H19NO/c1-12-4-7-14(8-5-12)11-17-15-9-6-13(2)10-16(15)18-3/h4-10,17H,11H2,1-3H3. The van der Waals surface area contributed by atoms with Gasteiger partial charge >= 0.3 is 0 Å². The summed E-state index contributed by atoms with van der Waals surface area (Å²) in [6.45, 7) is 4.96. The van der Waals surface area contributed by atoms with Crippen LogP contribution in [0, 0.1) is 13.8 Å². The number of ether oxygens (including phenoxy) is 1. The van der Waals surface area contributed by atoms with Crippen molar-refractivity contribution in [3.63, 3.8) is 0 Å². The van der Waals surface area contributed by atoms with Crippen LogP contribution in [0.5, 0.6) is 5.75 Å². The molecule has 0 aliphatic carbocycles. The molecule has 2 nitrogen and oxygen atoms in total. The van der Waals surface area contributed by atoms with E-state index in [0.29, 0.717) is 0 Å². The van der Waals surface area contributed by atoms with Crippen molar-refractivity contribution < 1.29 is 4.74 Å². The zero-order valence-corrected chi connectivity index (χ0v) is 11.2. The predicted molar refractivity (Wildman–Crippen MR) is 76.2 cm³/mol. The van der Waals surface area contributed by atoms with E-state index in [1.165, 1.54) is 16.7 Å². The maximum Gasteiger partial charge on any atom is 0.142 e. The average Bonchev–Trinajstić information content (AvgIpc) is 2.39. The van der Waals surface area contributed by atoms with Crippen LogP contribution < -0.4 is 10.1 Å². The van der Waals surface area contributed by atoms with Gasteiger partial charge in [-0.05, 0) is 37.1 Å². The zero-order chi connectivity index (χ0) is 13.0. The summed E-state index contributed by atoms with van der Waals surface area (Å²) in [4.78, 5) is 0. The first-order valence-electron chi connectivity index (χ1n) is 6.13. The Labute approximate surface area is 109 Å². The Bertz CT molecular complexity index is 517. The van der Waals surface area contributed by atoms with Crippen LogP contribution in [0.4, 0.5) is 5.69 Å². The summed E-state index contributed by atoms with van der Waals surface area (Å²) >= 11 is 0. The van der Waals surface area contributed by atoms with Gasteiger partial charge in [0.25, 0.3) is 0 Å². The fraction of sp³-hybridized carbons (Fsp3) is 0.250. The van der Waals surface area contributed by atoms with Crippen LogP contribution in [0.3, 0.4) is 0 Å². The van der Waals surface area contributed by atoms with Gasteiger partial charge in [-0.15, -0.1) is 0 Å². The van der Waals surface area contributed by atoms with Crippen molar-refractivity contribution in [2.45, 2.75) is 20.4 Å². The third-order valence-corrected chi connectivity index (χ3v) is 2.96. The first-order valence-corrected chi connectivity index (χ1v) is 6.13. The highest BCUT2D eigenvalue weighted by Crippen LogP contribution is 2.25. The van der Waals surface area contributed by atoms with Gasteiger partial charge in [0, 0.05) is 6.54 Å². The number of nitrogens with one attached hydrogen (secondary N) is 1. The van der Waals surface area contributed by atoms with Gasteiger partial charge in [0.05, 0.1) is 12.8 Å². The number of anilines is 1. The Hall–Kier alpha value is -1.96. The highest BCUT2D eigenvalue weighted by molar-refractivity contribution is 5.57. The predicted octanol–water partition coefficient (Wildman–Crippen LogP) is 3.92. The van der Waals surface area contributed by atoms with E-state index in [2.05, 4.69) is 55.6 Å². The third-order valence-electron chi connectivity index (χ3n) is 2.96. The molecule has 0 fully saturated rings. The summed E-state index contributed by atoms with van der Waals surface area (Å²) < 4.78 is 5.37. The molecule has 0 saturated heterocycles. The van der Waals surface area contributed by atoms with Crippen LogP contribution >= 0.6 is 0 Å². The van der Waals surface area contributed by atoms with Crippen LogP contribution in [0.15, 0.2) is 42.5 Å². The van der Waals surface area contributed by atoms with Crippen LogP contribution in [0.2, 0.25) is 0 Å². The number of aryl methyl sites for hydroxylation is 2. The minimum absolute atomic E-state index is 0.805. The molecule has 0 radical (unpaired) electrons. The van der Waals surface area contributed by atoms with E-state index in [9.17, 15) is 0 Å². The molecule has 0 spiro atoms. The molecule has 2 aromatic rings. The fourth-order valence-electron chi connectivity index (χ4n) is 1.85. The van der Waals surface area contributed by atoms with Gasteiger partial charge in [0.1, 0.15) is 5.75 Å². The lowest BCUT2D eigenvalue weighted by Gasteiger charge is -2.12. The van der Waals surface area contributed by atoms with E-state index < -0.39 is 0 Å².